The molecule has 0 aliphatic carbocycles. The van der Waals surface area contributed by atoms with Crippen molar-refractivity contribution in [3.05, 3.63) is 47.9 Å². The Morgan fingerprint density at radius 2 is 1.74 bits per heavy atom. The maximum absolute atomic E-state index is 10.9. The zero-order valence-electron chi connectivity index (χ0n) is 11.4. The minimum atomic E-state index is -0.0693. The van der Waals surface area contributed by atoms with E-state index in [2.05, 4.69) is 10.6 Å². The van der Waals surface area contributed by atoms with E-state index >= 15 is 0 Å². The minimum absolute atomic E-state index is 0.0693. The predicted octanol–water partition coefficient (Wildman–Crippen LogP) is 3.72. The van der Waals surface area contributed by atoms with Gasteiger partial charge in [-0.25, -0.2) is 0 Å². The van der Waals surface area contributed by atoms with Crippen LogP contribution in [0.15, 0.2) is 40.8 Å². The third kappa shape index (κ3) is 3.61. The molecule has 2 rings (SSSR count). The Morgan fingerprint density at radius 3 is 2.26 bits per heavy atom. The molecule has 1 aromatic heterocycles. The molecule has 1 aromatic carbocycles. The molecular formula is C15H18N2O2. The summed E-state index contributed by atoms with van der Waals surface area (Å²) in [7, 11) is 0. The number of nitrogens with one attached hydrogen (secondary N) is 2. The number of aryl methyl sites for hydroxylation is 1. The first-order chi connectivity index (χ1) is 9.04. The lowest BCUT2D eigenvalue weighted by Crippen LogP contribution is -2.07. The van der Waals surface area contributed by atoms with Crippen LogP contribution in [0.4, 0.5) is 11.4 Å². The number of rotatable bonds is 4. The summed E-state index contributed by atoms with van der Waals surface area (Å²) in [4.78, 5) is 10.9. The van der Waals surface area contributed by atoms with Crippen LogP contribution < -0.4 is 10.6 Å². The van der Waals surface area contributed by atoms with Gasteiger partial charge in [0.15, 0.2) is 0 Å². The van der Waals surface area contributed by atoms with Crippen LogP contribution in [0, 0.1) is 6.92 Å². The monoisotopic (exact) mass is 258 g/mol. The fraction of sp³-hybridized carbons (Fsp3) is 0.267. The molecule has 0 spiro atoms. The highest BCUT2D eigenvalue weighted by molar-refractivity contribution is 5.88. The Kier molecular flexibility index (Phi) is 3.90. The number of furan rings is 1. The van der Waals surface area contributed by atoms with E-state index in [1.807, 2.05) is 50.2 Å². The number of anilines is 2. The van der Waals surface area contributed by atoms with E-state index in [1.165, 1.54) is 6.92 Å². The van der Waals surface area contributed by atoms with Crippen molar-refractivity contribution in [3.63, 3.8) is 0 Å². The van der Waals surface area contributed by atoms with E-state index in [0.29, 0.717) is 0 Å². The molecule has 19 heavy (non-hydrogen) atoms. The Morgan fingerprint density at radius 1 is 1.11 bits per heavy atom. The first-order valence-corrected chi connectivity index (χ1v) is 6.25. The summed E-state index contributed by atoms with van der Waals surface area (Å²) in [6, 6.07) is 11.6. The molecule has 100 valence electrons. The number of amides is 1. The number of benzene rings is 1. The van der Waals surface area contributed by atoms with Crippen LogP contribution in [0.3, 0.4) is 0 Å². The van der Waals surface area contributed by atoms with Crippen LogP contribution in [0.2, 0.25) is 0 Å². The fourth-order valence-electron chi connectivity index (χ4n) is 1.86. The second kappa shape index (κ2) is 5.61. The van der Waals surface area contributed by atoms with Gasteiger partial charge in [0.1, 0.15) is 11.5 Å². The normalized spacial score (nSPS) is 11.9. The van der Waals surface area contributed by atoms with Gasteiger partial charge in [0.2, 0.25) is 5.91 Å². The SMILES string of the molecule is CC(=O)Nc1ccc(NC(C)c2ccc(C)o2)cc1. The van der Waals surface area contributed by atoms with E-state index in [1.54, 1.807) is 0 Å². The van der Waals surface area contributed by atoms with Crippen molar-refractivity contribution in [3.8, 4) is 0 Å². The van der Waals surface area contributed by atoms with Gasteiger partial charge in [-0.15, -0.1) is 0 Å². The zero-order valence-corrected chi connectivity index (χ0v) is 11.4. The first-order valence-electron chi connectivity index (χ1n) is 6.25. The molecule has 1 unspecified atom stereocenters. The second-order valence-corrected chi connectivity index (χ2v) is 4.57. The van der Waals surface area contributed by atoms with Crippen LogP contribution in [0.25, 0.3) is 0 Å². The predicted molar refractivity (Wildman–Crippen MR) is 76.2 cm³/mol. The Balaban J connectivity index is 2.01. The molecule has 1 amide bonds. The van der Waals surface area contributed by atoms with Crippen molar-refractivity contribution in [1.29, 1.82) is 0 Å². The van der Waals surface area contributed by atoms with Gasteiger partial charge in [-0.2, -0.15) is 0 Å². The lowest BCUT2D eigenvalue weighted by Gasteiger charge is -2.13. The summed E-state index contributed by atoms with van der Waals surface area (Å²) in [5.74, 6) is 1.74. The summed E-state index contributed by atoms with van der Waals surface area (Å²) in [6.07, 6.45) is 0. The van der Waals surface area contributed by atoms with E-state index in [9.17, 15) is 4.79 Å². The van der Waals surface area contributed by atoms with Gasteiger partial charge in [0.05, 0.1) is 6.04 Å². The molecule has 1 atom stereocenters. The van der Waals surface area contributed by atoms with E-state index in [4.69, 9.17) is 4.42 Å². The molecule has 0 aliphatic rings. The van der Waals surface area contributed by atoms with Crippen molar-refractivity contribution in [2.24, 2.45) is 0 Å². The number of hydrogen-bond acceptors (Lipinski definition) is 3. The molecule has 0 saturated carbocycles. The van der Waals surface area contributed by atoms with Crippen LogP contribution in [0.5, 0.6) is 0 Å². The molecule has 4 heteroatoms. The van der Waals surface area contributed by atoms with E-state index in [-0.39, 0.29) is 11.9 Å². The standard InChI is InChI=1S/C15H18N2O2/c1-10-4-9-15(19-10)11(2)16-13-5-7-14(8-6-13)17-12(3)18/h4-9,11,16H,1-3H3,(H,17,18). The third-order valence-electron chi connectivity index (χ3n) is 2.78. The second-order valence-electron chi connectivity index (χ2n) is 4.57. The maximum Gasteiger partial charge on any atom is 0.221 e. The third-order valence-corrected chi connectivity index (χ3v) is 2.78. The van der Waals surface area contributed by atoms with Crippen LogP contribution in [0.1, 0.15) is 31.4 Å². The lowest BCUT2D eigenvalue weighted by molar-refractivity contribution is -0.114. The molecule has 2 N–H and O–H groups in total. The van der Waals surface area contributed by atoms with Gasteiger partial charge in [-0.1, -0.05) is 0 Å². The van der Waals surface area contributed by atoms with Crippen molar-refractivity contribution in [1.82, 2.24) is 0 Å². The quantitative estimate of drug-likeness (QED) is 0.878. The molecule has 2 aromatic rings. The highest BCUT2D eigenvalue weighted by Gasteiger charge is 2.09. The lowest BCUT2D eigenvalue weighted by atomic mass is 10.2. The van der Waals surface area contributed by atoms with Crippen molar-refractivity contribution < 1.29 is 9.21 Å². The fourth-order valence-corrected chi connectivity index (χ4v) is 1.86. The van der Waals surface area contributed by atoms with Crippen molar-refractivity contribution >= 4 is 17.3 Å². The minimum Gasteiger partial charge on any atom is -0.464 e. The average Bonchev–Trinajstić information content (AvgIpc) is 2.78. The number of hydrogen-bond donors (Lipinski definition) is 2. The Hall–Kier alpha value is -2.23. The summed E-state index contributed by atoms with van der Waals surface area (Å²) in [6.45, 7) is 5.46. The van der Waals surface area contributed by atoms with Gasteiger partial charge >= 0.3 is 0 Å². The summed E-state index contributed by atoms with van der Waals surface area (Å²) < 4.78 is 5.57. The van der Waals surface area contributed by atoms with Gasteiger partial charge in [0, 0.05) is 18.3 Å². The van der Waals surface area contributed by atoms with Crippen LogP contribution >= 0.6 is 0 Å². The van der Waals surface area contributed by atoms with E-state index < -0.39 is 0 Å². The van der Waals surface area contributed by atoms with E-state index in [0.717, 1.165) is 22.9 Å². The topological polar surface area (TPSA) is 54.3 Å². The molecule has 0 radical (unpaired) electrons. The number of carbonyl (C=O) groups excluding carboxylic acids is 1. The largest absolute Gasteiger partial charge is 0.464 e. The molecule has 0 bridgehead atoms. The summed E-state index contributed by atoms with van der Waals surface area (Å²) in [5.41, 5.74) is 1.77. The van der Waals surface area contributed by atoms with Crippen LogP contribution in [-0.4, -0.2) is 5.91 Å². The summed E-state index contributed by atoms with van der Waals surface area (Å²) >= 11 is 0. The Bertz CT molecular complexity index is 558. The molecule has 0 saturated heterocycles. The molecule has 1 heterocycles. The zero-order chi connectivity index (χ0) is 13.8. The smallest absolute Gasteiger partial charge is 0.221 e. The molecular weight excluding hydrogens is 240 g/mol. The van der Waals surface area contributed by atoms with Crippen molar-refractivity contribution in [2.45, 2.75) is 26.8 Å². The molecule has 4 nitrogen and oxygen atoms in total. The van der Waals surface area contributed by atoms with Crippen molar-refractivity contribution in [2.75, 3.05) is 10.6 Å². The summed E-state index contributed by atoms with van der Waals surface area (Å²) in [5, 5.41) is 6.08. The maximum atomic E-state index is 10.9. The van der Waals surface area contributed by atoms with Gasteiger partial charge in [-0.3, -0.25) is 4.79 Å². The van der Waals surface area contributed by atoms with Gasteiger partial charge < -0.3 is 15.1 Å². The number of carbonyl (C=O) groups is 1. The highest BCUT2D eigenvalue weighted by Crippen LogP contribution is 2.22. The van der Waals surface area contributed by atoms with Gasteiger partial charge in [-0.05, 0) is 50.2 Å². The average molecular weight is 258 g/mol. The Labute approximate surface area is 112 Å². The molecule has 0 fully saturated rings. The molecule has 0 aliphatic heterocycles. The first kappa shape index (κ1) is 13.2. The van der Waals surface area contributed by atoms with Gasteiger partial charge in [0.25, 0.3) is 0 Å². The van der Waals surface area contributed by atoms with Crippen LogP contribution in [-0.2, 0) is 4.79 Å². The highest BCUT2D eigenvalue weighted by atomic mass is 16.3.